The van der Waals surface area contributed by atoms with Crippen LogP contribution in [0.15, 0.2) is 24.5 Å². The van der Waals surface area contributed by atoms with Crippen LogP contribution in [0.1, 0.15) is 31.2 Å². The fourth-order valence-corrected chi connectivity index (χ4v) is 3.00. The zero-order chi connectivity index (χ0) is 14.7. The summed E-state index contributed by atoms with van der Waals surface area (Å²) in [7, 11) is 1.80. The summed E-state index contributed by atoms with van der Waals surface area (Å²) in [5.41, 5.74) is 3.29. The molecule has 1 aliphatic carbocycles. The topological polar surface area (TPSA) is 64.9 Å². The third kappa shape index (κ3) is 3.21. The van der Waals surface area contributed by atoms with Gasteiger partial charge in [0.05, 0.1) is 11.8 Å². The molecule has 3 rings (SSSR count). The van der Waals surface area contributed by atoms with Crippen LogP contribution in [-0.2, 0) is 4.74 Å². The number of aromatic nitrogens is 4. The summed E-state index contributed by atoms with van der Waals surface area (Å²) in [5.74, 6) is 0. The fourth-order valence-electron chi connectivity index (χ4n) is 3.00. The minimum Gasteiger partial charge on any atom is -0.382 e. The standard InChI is InChI=1S/C15H21N5O/c1-11-8-13(6-7-15(11)20-10-16-18-19-20)17-12-4-3-5-14(9-12)21-2/h6-8,10,12,14,17H,3-5,9H2,1-2H3. The Hall–Kier alpha value is -1.95. The number of nitrogens with zero attached hydrogens (tertiary/aromatic N) is 4. The number of methoxy groups -OCH3 is 1. The maximum absolute atomic E-state index is 5.49. The van der Waals surface area contributed by atoms with Gasteiger partial charge in [-0.15, -0.1) is 5.10 Å². The number of hydrogen-bond acceptors (Lipinski definition) is 5. The molecule has 1 aliphatic rings. The van der Waals surface area contributed by atoms with Crippen molar-refractivity contribution in [3.63, 3.8) is 0 Å². The first kappa shape index (κ1) is 14.0. The molecular formula is C15H21N5O. The summed E-state index contributed by atoms with van der Waals surface area (Å²) in [4.78, 5) is 0. The van der Waals surface area contributed by atoms with Gasteiger partial charge in [-0.05, 0) is 66.8 Å². The SMILES string of the molecule is COC1CCCC(Nc2ccc(-n3cnnn3)c(C)c2)C1. The minimum atomic E-state index is 0.387. The molecule has 112 valence electrons. The van der Waals surface area contributed by atoms with Gasteiger partial charge >= 0.3 is 0 Å². The number of hydrogen-bond donors (Lipinski definition) is 1. The van der Waals surface area contributed by atoms with Gasteiger partial charge in [-0.1, -0.05) is 0 Å². The van der Waals surface area contributed by atoms with Crippen LogP contribution in [0.5, 0.6) is 0 Å². The minimum absolute atomic E-state index is 0.387. The second-order valence-corrected chi connectivity index (χ2v) is 5.62. The number of anilines is 1. The van der Waals surface area contributed by atoms with Crippen molar-refractivity contribution in [1.82, 2.24) is 20.2 Å². The molecule has 6 heteroatoms. The van der Waals surface area contributed by atoms with Crippen molar-refractivity contribution < 1.29 is 4.74 Å². The predicted molar refractivity (Wildman–Crippen MR) is 80.6 cm³/mol. The average Bonchev–Trinajstić information content (AvgIpc) is 3.01. The van der Waals surface area contributed by atoms with Crippen molar-refractivity contribution in [1.29, 1.82) is 0 Å². The van der Waals surface area contributed by atoms with Gasteiger partial charge in [-0.25, -0.2) is 4.68 Å². The number of aryl methyl sites for hydroxylation is 1. The number of nitrogens with one attached hydrogen (secondary N) is 1. The molecule has 2 unspecified atom stereocenters. The molecule has 0 amide bonds. The van der Waals surface area contributed by atoms with Crippen LogP contribution >= 0.6 is 0 Å². The molecule has 1 aromatic heterocycles. The highest BCUT2D eigenvalue weighted by atomic mass is 16.5. The van der Waals surface area contributed by atoms with Gasteiger partial charge in [-0.3, -0.25) is 0 Å². The van der Waals surface area contributed by atoms with Crippen molar-refractivity contribution in [3.05, 3.63) is 30.1 Å². The van der Waals surface area contributed by atoms with Gasteiger partial charge in [-0.2, -0.15) is 0 Å². The lowest BCUT2D eigenvalue weighted by molar-refractivity contribution is 0.0669. The van der Waals surface area contributed by atoms with E-state index in [0.29, 0.717) is 12.1 Å². The Bertz CT molecular complexity index is 584. The van der Waals surface area contributed by atoms with E-state index in [2.05, 4.69) is 39.9 Å². The highest BCUT2D eigenvalue weighted by Crippen LogP contribution is 2.25. The molecule has 21 heavy (non-hydrogen) atoms. The highest BCUT2D eigenvalue weighted by Gasteiger charge is 2.21. The lowest BCUT2D eigenvalue weighted by atomic mass is 9.92. The molecule has 1 aromatic carbocycles. The third-order valence-electron chi connectivity index (χ3n) is 4.12. The lowest BCUT2D eigenvalue weighted by Gasteiger charge is -2.29. The van der Waals surface area contributed by atoms with Gasteiger partial charge in [0, 0.05) is 18.8 Å². The molecule has 2 atom stereocenters. The molecule has 0 bridgehead atoms. The van der Waals surface area contributed by atoms with Gasteiger partial charge in [0.25, 0.3) is 0 Å². The highest BCUT2D eigenvalue weighted by molar-refractivity contribution is 5.53. The normalized spacial score (nSPS) is 22.2. The predicted octanol–water partition coefficient (Wildman–Crippen LogP) is 2.34. The summed E-state index contributed by atoms with van der Waals surface area (Å²) in [6.45, 7) is 2.07. The molecule has 0 aliphatic heterocycles. The zero-order valence-corrected chi connectivity index (χ0v) is 12.5. The maximum Gasteiger partial charge on any atom is 0.143 e. The van der Waals surface area contributed by atoms with Gasteiger partial charge in [0.2, 0.25) is 0 Å². The van der Waals surface area contributed by atoms with Gasteiger partial charge in [0.1, 0.15) is 6.33 Å². The average molecular weight is 287 g/mol. The largest absolute Gasteiger partial charge is 0.382 e. The van der Waals surface area contributed by atoms with E-state index in [4.69, 9.17) is 4.74 Å². The van der Waals surface area contributed by atoms with E-state index >= 15 is 0 Å². The summed E-state index contributed by atoms with van der Waals surface area (Å²) in [6.07, 6.45) is 6.67. The van der Waals surface area contributed by atoms with Crippen LogP contribution in [-0.4, -0.2) is 39.5 Å². The van der Waals surface area contributed by atoms with Crippen molar-refractivity contribution in [2.75, 3.05) is 12.4 Å². The van der Waals surface area contributed by atoms with Crippen molar-refractivity contribution in [3.8, 4) is 5.69 Å². The molecule has 0 spiro atoms. The van der Waals surface area contributed by atoms with Gasteiger partial charge < -0.3 is 10.1 Å². The lowest BCUT2D eigenvalue weighted by Crippen LogP contribution is -2.31. The first-order valence-corrected chi connectivity index (χ1v) is 7.39. The van der Waals surface area contributed by atoms with Crippen LogP contribution < -0.4 is 5.32 Å². The second-order valence-electron chi connectivity index (χ2n) is 5.62. The Kier molecular flexibility index (Phi) is 4.15. The van der Waals surface area contributed by atoms with Crippen molar-refractivity contribution >= 4 is 5.69 Å². The molecule has 0 saturated heterocycles. The van der Waals surface area contributed by atoms with E-state index in [-0.39, 0.29) is 0 Å². The number of ether oxygens (including phenoxy) is 1. The molecule has 1 saturated carbocycles. The second kappa shape index (κ2) is 6.22. The van der Waals surface area contributed by atoms with Crippen LogP contribution in [0.3, 0.4) is 0 Å². The monoisotopic (exact) mass is 287 g/mol. The van der Waals surface area contributed by atoms with E-state index in [0.717, 1.165) is 23.4 Å². The Morgan fingerprint density at radius 3 is 2.95 bits per heavy atom. The molecule has 0 radical (unpaired) electrons. The van der Waals surface area contributed by atoms with Crippen molar-refractivity contribution in [2.45, 2.75) is 44.8 Å². The first-order valence-electron chi connectivity index (χ1n) is 7.39. The molecular weight excluding hydrogens is 266 g/mol. The summed E-state index contributed by atoms with van der Waals surface area (Å²) < 4.78 is 7.17. The fraction of sp³-hybridized carbons (Fsp3) is 0.533. The maximum atomic E-state index is 5.49. The summed E-state index contributed by atoms with van der Waals surface area (Å²) >= 11 is 0. The van der Waals surface area contributed by atoms with E-state index < -0.39 is 0 Å². The van der Waals surface area contributed by atoms with E-state index in [1.54, 1.807) is 18.1 Å². The first-order chi connectivity index (χ1) is 10.3. The van der Waals surface area contributed by atoms with Crippen LogP contribution in [0.4, 0.5) is 5.69 Å². The third-order valence-corrected chi connectivity index (χ3v) is 4.12. The van der Waals surface area contributed by atoms with Crippen LogP contribution in [0.2, 0.25) is 0 Å². The van der Waals surface area contributed by atoms with Crippen LogP contribution in [0, 0.1) is 6.92 Å². The smallest absolute Gasteiger partial charge is 0.143 e. The Morgan fingerprint density at radius 2 is 2.24 bits per heavy atom. The molecule has 1 N–H and O–H groups in total. The van der Waals surface area contributed by atoms with E-state index in [1.807, 2.05) is 6.07 Å². The number of benzene rings is 1. The van der Waals surface area contributed by atoms with Crippen molar-refractivity contribution in [2.24, 2.45) is 0 Å². The zero-order valence-electron chi connectivity index (χ0n) is 12.5. The summed E-state index contributed by atoms with van der Waals surface area (Å²) in [6, 6.07) is 6.76. The summed E-state index contributed by atoms with van der Waals surface area (Å²) in [5, 5.41) is 14.9. The molecule has 2 aromatic rings. The molecule has 6 nitrogen and oxygen atoms in total. The quantitative estimate of drug-likeness (QED) is 0.935. The Balaban J connectivity index is 1.71. The van der Waals surface area contributed by atoms with E-state index in [1.165, 1.54) is 19.3 Å². The molecule has 1 fully saturated rings. The Labute approximate surface area is 124 Å². The van der Waals surface area contributed by atoms with Crippen LogP contribution in [0.25, 0.3) is 5.69 Å². The Morgan fingerprint density at radius 1 is 1.33 bits per heavy atom. The number of tetrazole rings is 1. The molecule has 1 heterocycles. The number of rotatable bonds is 4. The van der Waals surface area contributed by atoms with Gasteiger partial charge in [0.15, 0.2) is 0 Å². The van der Waals surface area contributed by atoms with E-state index in [9.17, 15) is 0 Å².